The Bertz CT molecular complexity index is 1010. The lowest BCUT2D eigenvalue weighted by atomic mass is 10.2. The van der Waals surface area contributed by atoms with E-state index in [-0.39, 0.29) is 12.5 Å². The summed E-state index contributed by atoms with van der Waals surface area (Å²) in [5, 5.41) is -0.392. The highest BCUT2D eigenvalue weighted by atomic mass is 32.2. The Morgan fingerprint density at radius 1 is 1.17 bits per heavy atom. The number of hydrogen-bond donors (Lipinski definition) is 0. The van der Waals surface area contributed by atoms with Crippen LogP contribution in [0.1, 0.15) is 29.8 Å². The topological polar surface area (TPSA) is 75.5 Å². The quantitative estimate of drug-likeness (QED) is 0.724. The molecule has 29 heavy (non-hydrogen) atoms. The largest absolute Gasteiger partial charge is 0.341 e. The molecule has 0 saturated carbocycles. The summed E-state index contributed by atoms with van der Waals surface area (Å²) in [6.07, 6.45) is 7.15. The van der Waals surface area contributed by atoms with Crippen LogP contribution in [0.5, 0.6) is 0 Å². The van der Waals surface area contributed by atoms with Crippen LogP contribution >= 0.6 is 11.8 Å². The summed E-state index contributed by atoms with van der Waals surface area (Å²) in [4.78, 5) is 44.7. The number of imide groups is 1. The van der Waals surface area contributed by atoms with Gasteiger partial charge in [0.1, 0.15) is 6.54 Å². The van der Waals surface area contributed by atoms with Crippen LogP contribution in [-0.2, 0) is 9.59 Å². The maximum atomic E-state index is 12.8. The van der Waals surface area contributed by atoms with Gasteiger partial charge in [-0.05, 0) is 68.3 Å². The zero-order valence-corrected chi connectivity index (χ0v) is 17.2. The summed E-state index contributed by atoms with van der Waals surface area (Å²) >= 11 is 0.889. The van der Waals surface area contributed by atoms with Crippen LogP contribution in [0.2, 0.25) is 0 Å². The van der Waals surface area contributed by atoms with E-state index in [0.29, 0.717) is 18.0 Å². The molecule has 4 heterocycles. The molecule has 0 radical (unpaired) electrons. The molecule has 2 aliphatic rings. The average molecular weight is 410 g/mol. The number of pyridine rings is 1. The first-order chi connectivity index (χ1) is 14.0. The lowest BCUT2D eigenvalue weighted by molar-refractivity contribution is -0.135. The summed E-state index contributed by atoms with van der Waals surface area (Å²) in [7, 11) is 0. The number of aryl methyl sites for hydroxylation is 1. The molecule has 2 fully saturated rings. The van der Waals surface area contributed by atoms with Gasteiger partial charge in [0.05, 0.1) is 4.91 Å². The molecule has 0 aromatic carbocycles. The summed E-state index contributed by atoms with van der Waals surface area (Å²) < 4.78 is 2.08. The Morgan fingerprint density at radius 2 is 1.86 bits per heavy atom. The van der Waals surface area contributed by atoms with Crippen LogP contribution in [0.25, 0.3) is 11.8 Å². The van der Waals surface area contributed by atoms with E-state index in [4.69, 9.17) is 0 Å². The molecule has 2 aliphatic heterocycles. The van der Waals surface area contributed by atoms with E-state index in [0.717, 1.165) is 52.1 Å². The van der Waals surface area contributed by atoms with Gasteiger partial charge in [0.15, 0.2) is 0 Å². The Hall–Kier alpha value is -2.87. The molecule has 2 aromatic rings. The predicted molar refractivity (Wildman–Crippen MR) is 112 cm³/mol. The number of nitrogens with zero attached hydrogens (tertiary/aromatic N) is 4. The van der Waals surface area contributed by atoms with Crippen molar-refractivity contribution in [3.05, 3.63) is 52.4 Å². The predicted octanol–water partition coefficient (Wildman–Crippen LogP) is 3.15. The van der Waals surface area contributed by atoms with Crippen molar-refractivity contribution in [3.8, 4) is 5.69 Å². The second kappa shape index (κ2) is 7.87. The number of hydrogen-bond acceptors (Lipinski definition) is 5. The minimum Gasteiger partial charge on any atom is -0.341 e. The third-order valence-corrected chi connectivity index (χ3v) is 6.21. The van der Waals surface area contributed by atoms with E-state index < -0.39 is 11.1 Å². The minimum atomic E-state index is -0.402. The van der Waals surface area contributed by atoms with Gasteiger partial charge in [-0.15, -0.1) is 0 Å². The fourth-order valence-corrected chi connectivity index (χ4v) is 4.63. The summed E-state index contributed by atoms with van der Waals surface area (Å²) in [5.74, 6) is -0.567. The van der Waals surface area contributed by atoms with Crippen molar-refractivity contribution >= 4 is 34.9 Å². The molecule has 0 atom stereocenters. The lowest BCUT2D eigenvalue weighted by Gasteiger charge is -2.18. The number of carbonyl (C=O) groups is 3. The van der Waals surface area contributed by atoms with Gasteiger partial charge in [0.25, 0.3) is 11.1 Å². The van der Waals surface area contributed by atoms with Crippen molar-refractivity contribution in [2.24, 2.45) is 0 Å². The number of thioether (sulfide) groups is 1. The van der Waals surface area contributed by atoms with Crippen LogP contribution in [0.4, 0.5) is 4.79 Å². The molecule has 4 rings (SSSR count). The smallest absolute Gasteiger partial charge is 0.294 e. The van der Waals surface area contributed by atoms with E-state index in [1.807, 2.05) is 32.0 Å². The first-order valence-electron chi connectivity index (χ1n) is 9.58. The van der Waals surface area contributed by atoms with Crippen molar-refractivity contribution in [1.82, 2.24) is 19.4 Å². The molecular formula is C21H22N4O3S. The van der Waals surface area contributed by atoms with Crippen molar-refractivity contribution < 1.29 is 14.4 Å². The lowest BCUT2D eigenvalue weighted by Crippen LogP contribution is -2.40. The van der Waals surface area contributed by atoms with Gasteiger partial charge in [-0.25, -0.2) is 0 Å². The molecule has 8 heteroatoms. The van der Waals surface area contributed by atoms with Crippen LogP contribution in [0, 0.1) is 13.8 Å². The first kappa shape index (κ1) is 19.4. The number of likely N-dealkylation sites (tertiary alicyclic amines) is 1. The molecule has 2 saturated heterocycles. The second-order valence-corrected chi connectivity index (χ2v) is 8.22. The van der Waals surface area contributed by atoms with E-state index in [1.54, 1.807) is 23.4 Å². The van der Waals surface area contributed by atoms with E-state index in [9.17, 15) is 14.4 Å². The molecule has 3 amide bonds. The van der Waals surface area contributed by atoms with Crippen molar-refractivity contribution in [2.45, 2.75) is 26.7 Å². The zero-order chi connectivity index (χ0) is 20.5. The Kier molecular flexibility index (Phi) is 5.27. The standard InChI is InChI=1S/C21H22N4O3S/c1-14-11-16(15(2)25(14)17-5-7-22-8-6-17)12-18-20(27)24(21(28)29-18)13-19(26)23-9-3-4-10-23/h5-8,11-12H,3-4,9-10,13H2,1-2H3/b18-12+. The summed E-state index contributed by atoms with van der Waals surface area (Å²) in [6.45, 7) is 5.18. The van der Waals surface area contributed by atoms with E-state index in [2.05, 4.69) is 9.55 Å². The minimum absolute atomic E-state index is 0.165. The number of aromatic nitrogens is 2. The summed E-state index contributed by atoms with van der Waals surface area (Å²) in [5.41, 5.74) is 3.84. The molecule has 7 nitrogen and oxygen atoms in total. The molecule has 150 valence electrons. The van der Waals surface area contributed by atoms with Gasteiger partial charge in [-0.2, -0.15) is 0 Å². The van der Waals surface area contributed by atoms with Gasteiger partial charge in [-0.1, -0.05) is 0 Å². The highest BCUT2D eigenvalue weighted by Gasteiger charge is 2.37. The molecule has 0 aliphatic carbocycles. The molecule has 0 bridgehead atoms. The number of carbonyl (C=O) groups excluding carboxylic acids is 3. The van der Waals surface area contributed by atoms with E-state index in [1.165, 1.54) is 0 Å². The van der Waals surface area contributed by atoms with Crippen LogP contribution in [0.15, 0.2) is 35.5 Å². The summed E-state index contributed by atoms with van der Waals surface area (Å²) in [6, 6.07) is 5.82. The van der Waals surface area contributed by atoms with Gasteiger partial charge in [-0.3, -0.25) is 24.3 Å². The molecule has 0 N–H and O–H groups in total. The van der Waals surface area contributed by atoms with Crippen LogP contribution in [0.3, 0.4) is 0 Å². The average Bonchev–Trinajstić information content (AvgIpc) is 3.40. The zero-order valence-electron chi connectivity index (χ0n) is 16.4. The molecule has 2 aromatic heterocycles. The maximum absolute atomic E-state index is 12.8. The van der Waals surface area contributed by atoms with Crippen LogP contribution < -0.4 is 0 Å². The SMILES string of the molecule is Cc1cc(/C=C2/SC(=O)N(CC(=O)N3CCCC3)C2=O)c(C)n1-c1ccncc1. The van der Waals surface area contributed by atoms with E-state index >= 15 is 0 Å². The molecular weight excluding hydrogens is 388 g/mol. The Morgan fingerprint density at radius 3 is 2.55 bits per heavy atom. The second-order valence-electron chi connectivity index (χ2n) is 7.22. The first-order valence-corrected chi connectivity index (χ1v) is 10.4. The van der Waals surface area contributed by atoms with Gasteiger partial charge in [0.2, 0.25) is 5.91 Å². The highest BCUT2D eigenvalue weighted by molar-refractivity contribution is 8.18. The van der Waals surface area contributed by atoms with Crippen LogP contribution in [-0.4, -0.2) is 56.0 Å². The van der Waals surface area contributed by atoms with Crippen molar-refractivity contribution in [1.29, 1.82) is 0 Å². The van der Waals surface area contributed by atoms with Gasteiger partial charge in [0, 0.05) is 42.6 Å². The fraction of sp³-hybridized carbons (Fsp3) is 0.333. The number of rotatable bonds is 4. The molecule has 0 spiro atoms. The van der Waals surface area contributed by atoms with Crippen molar-refractivity contribution in [2.75, 3.05) is 19.6 Å². The normalized spacial score (nSPS) is 18.3. The third kappa shape index (κ3) is 3.72. The van der Waals surface area contributed by atoms with Gasteiger partial charge < -0.3 is 9.47 Å². The monoisotopic (exact) mass is 410 g/mol. The fourth-order valence-electron chi connectivity index (χ4n) is 3.80. The number of amides is 3. The van der Waals surface area contributed by atoms with Gasteiger partial charge >= 0.3 is 0 Å². The van der Waals surface area contributed by atoms with Crippen molar-refractivity contribution in [3.63, 3.8) is 0 Å². The Labute approximate surface area is 173 Å². The maximum Gasteiger partial charge on any atom is 0.294 e. The highest BCUT2D eigenvalue weighted by Crippen LogP contribution is 2.33. The third-order valence-electron chi connectivity index (χ3n) is 5.30. The molecule has 0 unspecified atom stereocenters. The Balaban J connectivity index is 1.57.